The second-order valence-electron chi connectivity index (χ2n) is 7.41. The van der Waals surface area contributed by atoms with Crippen molar-refractivity contribution in [2.45, 2.75) is 44.8 Å². The van der Waals surface area contributed by atoms with Gasteiger partial charge in [-0.25, -0.2) is 0 Å². The number of thioether (sulfide) groups is 1. The van der Waals surface area contributed by atoms with Gasteiger partial charge in [0.1, 0.15) is 11.6 Å². The molecule has 0 aliphatic rings. The van der Waals surface area contributed by atoms with Gasteiger partial charge in [0.05, 0.1) is 5.75 Å². The number of ketones is 1. The standard InChI is InChI=1S/C21H25N5OS/c1-6-11-26-19(15-7-9-16(10-8-15)21(3,4)5)24-25-20(26)28-13-18(27)17(12-22)14(2)23/h6-10H,1,11,13,23H2,2-5H3. The molecule has 0 saturated carbocycles. The highest BCUT2D eigenvalue weighted by atomic mass is 32.2. The van der Waals surface area contributed by atoms with Gasteiger partial charge in [-0.2, -0.15) is 5.26 Å². The van der Waals surface area contributed by atoms with Crippen molar-refractivity contribution in [1.82, 2.24) is 14.8 Å². The van der Waals surface area contributed by atoms with E-state index in [1.165, 1.54) is 17.3 Å². The number of hydrogen-bond acceptors (Lipinski definition) is 6. The van der Waals surface area contributed by atoms with E-state index in [-0.39, 0.29) is 28.2 Å². The van der Waals surface area contributed by atoms with Crippen molar-refractivity contribution in [3.8, 4) is 17.5 Å². The monoisotopic (exact) mass is 395 g/mol. The van der Waals surface area contributed by atoms with E-state index in [2.05, 4.69) is 49.7 Å². The molecule has 1 aromatic heterocycles. The molecule has 0 bridgehead atoms. The van der Waals surface area contributed by atoms with Gasteiger partial charge < -0.3 is 5.73 Å². The molecule has 2 N–H and O–H groups in total. The van der Waals surface area contributed by atoms with E-state index < -0.39 is 0 Å². The van der Waals surface area contributed by atoms with E-state index >= 15 is 0 Å². The van der Waals surface area contributed by atoms with Gasteiger partial charge in [-0.1, -0.05) is 62.9 Å². The molecule has 6 nitrogen and oxygen atoms in total. The Morgan fingerprint density at radius 2 is 1.96 bits per heavy atom. The number of Topliss-reactive ketones (excluding diaryl/α,β-unsaturated/α-hetero) is 1. The van der Waals surface area contributed by atoms with Crippen molar-refractivity contribution >= 4 is 17.5 Å². The number of benzene rings is 1. The minimum atomic E-state index is -0.322. The molecule has 0 saturated heterocycles. The van der Waals surface area contributed by atoms with Crippen molar-refractivity contribution in [3.63, 3.8) is 0 Å². The lowest BCUT2D eigenvalue weighted by Crippen LogP contribution is -2.11. The first-order chi connectivity index (χ1) is 13.2. The molecule has 0 atom stereocenters. The molecule has 0 unspecified atom stereocenters. The minimum Gasteiger partial charge on any atom is -0.401 e. The summed E-state index contributed by atoms with van der Waals surface area (Å²) in [5, 5.41) is 18.2. The Morgan fingerprint density at radius 1 is 1.32 bits per heavy atom. The SMILES string of the molecule is C=CCn1c(SCC(=O)C(C#N)=C(C)N)nnc1-c1ccc(C(C)(C)C)cc1. The van der Waals surface area contributed by atoms with E-state index in [1.807, 2.05) is 22.8 Å². The van der Waals surface area contributed by atoms with Crippen LogP contribution in [0.5, 0.6) is 0 Å². The lowest BCUT2D eigenvalue weighted by molar-refractivity contribution is -0.112. The molecule has 28 heavy (non-hydrogen) atoms. The van der Waals surface area contributed by atoms with Crippen LogP contribution >= 0.6 is 11.8 Å². The van der Waals surface area contributed by atoms with Gasteiger partial charge in [0.15, 0.2) is 16.8 Å². The first-order valence-electron chi connectivity index (χ1n) is 8.86. The first kappa shape index (κ1) is 21.5. The van der Waals surface area contributed by atoms with Crippen LogP contribution < -0.4 is 5.73 Å². The second kappa shape index (κ2) is 8.89. The lowest BCUT2D eigenvalue weighted by Gasteiger charge is -2.19. The number of nitriles is 1. The summed E-state index contributed by atoms with van der Waals surface area (Å²) >= 11 is 1.23. The molecular formula is C21H25N5OS. The number of nitrogens with two attached hydrogens (primary N) is 1. The van der Waals surface area contributed by atoms with Crippen LogP contribution in [0.4, 0.5) is 0 Å². The highest BCUT2D eigenvalue weighted by molar-refractivity contribution is 7.99. The van der Waals surface area contributed by atoms with E-state index in [9.17, 15) is 4.79 Å². The molecule has 0 aliphatic carbocycles. The number of nitrogens with zero attached hydrogens (tertiary/aromatic N) is 4. The van der Waals surface area contributed by atoms with E-state index in [0.29, 0.717) is 17.5 Å². The number of allylic oxidation sites excluding steroid dienone is 3. The normalized spacial score (nSPS) is 12.2. The highest BCUT2D eigenvalue weighted by Gasteiger charge is 2.18. The Kier molecular flexibility index (Phi) is 6.81. The number of aromatic nitrogens is 3. The second-order valence-corrected chi connectivity index (χ2v) is 8.36. The van der Waals surface area contributed by atoms with Gasteiger partial charge in [-0.3, -0.25) is 9.36 Å². The number of hydrogen-bond donors (Lipinski definition) is 1. The van der Waals surface area contributed by atoms with Crippen LogP contribution in [0.1, 0.15) is 33.3 Å². The van der Waals surface area contributed by atoms with Crippen molar-refractivity contribution in [2.75, 3.05) is 5.75 Å². The molecule has 1 aromatic carbocycles. The Labute approximate surface area is 170 Å². The maximum Gasteiger partial charge on any atom is 0.192 e. The van der Waals surface area contributed by atoms with E-state index in [0.717, 1.165) is 5.56 Å². The summed E-state index contributed by atoms with van der Waals surface area (Å²) in [6.45, 7) is 12.4. The van der Waals surface area contributed by atoms with Gasteiger partial charge >= 0.3 is 0 Å². The molecule has 7 heteroatoms. The number of rotatable bonds is 7. The average molecular weight is 396 g/mol. The van der Waals surface area contributed by atoms with Crippen LogP contribution in [0.2, 0.25) is 0 Å². The molecule has 0 radical (unpaired) electrons. The third kappa shape index (κ3) is 4.90. The topological polar surface area (TPSA) is 97.6 Å². The van der Waals surface area contributed by atoms with Gasteiger partial charge in [0.2, 0.25) is 0 Å². The van der Waals surface area contributed by atoms with Gasteiger partial charge in [-0.15, -0.1) is 16.8 Å². The molecule has 0 spiro atoms. The number of carbonyl (C=O) groups excluding carboxylic acids is 1. The summed E-state index contributed by atoms with van der Waals surface area (Å²) in [5.41, 5.74) is 8.05. The zero-order valence-corrected chi connectivity index (χ0v) is 17.5. The summed E-state index contributed by atoms with van der Waals surface area (Å²) in [5.74, 6) is 0.452. The van der Waals surface area contributed by atoms with Gasteiger partial charge in [0, 0.05) is 17.8 Å². The van der Waals surface area contributed by atoms with Gasteiger partial charge in [0.25, 0.3) is 0 Å². The van der Waals surface area contributed by atoms with Crippen molar-refractivity contribution in [3.05, 3.63) is 53.8 Å². The maximum absolute atomic E-state index is 12.2. The molecule has 1 heterocycles. The molecule has 2 rings (SSSR count). The van der Waals surface area contributed by atoms with Gasteiger partial charge in [-0.05, 0) is 17.9 Å². The van der Waals surface area contributed by atoms with Crippen LogP contribution in [0.15, 0.2) is 53.3 Å². The van der Waals surface area contributed by atoms with Crippen LogP contribution in [0.25, 0.3) is 11.4 Å². The Morgan fingerprint density at radius 3 is 2.46 bits per heavy atom. The zero-order valence-electron chi connectivity index (χ0n) is 16.7. The molecule has 0 fully saturated rings. The summed E-state index contributed by atoms with van der Waals surface area (Å²) in [7, 11) is 0. The molecule has 0 aliphatic heterocycles. The quantitative estimate of drug-likeness (QED) is 0.331. The van der Waals surface area contributed by atoms with Crippen molar-refractivity contribution in [1.29, 1.82) is 5.26 Å². The largest absolute Gasteiger partial charge is 0.401 e. The van der Waals surface area contributed by atoms with Crippen LogP contribution in [0, 0.1) is 11.3 Å². The van der Waals surface area contributed by atoms with Crippen LogP contribution in [0.3, 0.4) is 0 Å². The predicted molar refractivity (Wildman–Crippen MR) is 113 cm³/mol. The Balaban J connectivity index is 2.29. The third-order valence-electron chi connectivity index (χ3n) is 4.15. The third-order valence-corrected chi connectivity index (χ3v) is 5.12. The Bertz CT molecular complexity index is 939. The fraction of sp³-hybridized carbons (Fsp3) is 0.333. The molecule has 2 aromatic rings. The smallest absolute Gasteiger partial charge is 0.192 e. The highest BCUT2D eigenvalue weighted by Crippen LogP contribution is 2.28. The summed E-state index contributed by atoms with van der Waals surface area (Å²) in [6.07, 6.45) is 1.76. The first-order valence-corrected chi connectivity index (χ1v) is 9.85. The number of carbonyl (C=O) groups is 1. The van der Waals surface area contributed by atoms with Crippen LogP contribution in [-0.4, -0.2) is 26.3 Å². The fourth-order valence-corrected chi connectivity index (χ4v) is 3.41. The van der Waals surface area contributed by atoms with Crippen molar-refractivity contribution in [2.24, 2.45) is 5.73 Å². The minimum absolute atomic E-state index is 0.0136. The lowest BCUT2D eigenvalue weighted by atomic mass is 9.87. The summed E-state index contributed by atoms with van der Waals surface area (Å²) in [4.78, 5) is 12.2. The maximum atomic E-state index is 12.2. The summed E-state index contributed by atoms with van der Waals surface area (Å²) < 4.78 is 1.90. The van der Waals surface area contributed by atoms with Crippen LogP contribution in [-0.2, 0) is 16.8 Å². The summed E-state index contributed by atoms with van der Waals surface area (Å²) in [6, 6.07) is 10.1. The zero-order chi connectivity index (χ0) is 20.9. The molecule has 146 valence electrons. The predicted octanol–water partition coefficient (Wildman–Crippen LogP) is 3.85. The molecular weight excluding hydrogens is 370 g/mol. The van der Waals surface area contributed by atoms with Crippen molar-refractivity contribution < 1.29 is 4.79 Å². The molecule has 0 amide bonds. The van der Waals surface area contributed by atoms with E-state index in [1.54, 1.807) is 13.0 Å². The van der Waals surface area contributed by atoms with E-state index in [4.69, 9.17) is 11.0 Å². The Hall–Kier alpha value is -2.85. The fourth-order valence-electron chi connectivity index (χ4n) is 2.59. The average Bonchev–Trinajstić information content (AvgIpc) is 3.02.